The molecule has 2 rings (SSSR count). The Kier molecular flexibility index (Phi) is 2.93. The van der Waals surface area contributed by atoms with E-state index in [1.165, 1.54) is 11.3 Å². The van der Waals surface area contributed by atoms with E-state index < -0.39 is 5.69 Å². The van der Waals surface area contributed by atoms with E-state index in [-0.39, 0.29) is 18.7 Å². The van der Waals surface area contributed by atoms with Crippen LogP contribution in [0.3, 0.4) is 0 Å². The van der Waals surface area contributed by atoms with Crippen LogP contribution in [0.2, 0.25) is 0 Å². The van der Waals surface area contributed by atoms with Crippen molar-refractivity contribution in [3.8, 4) is 0 Å². The van der Waals surface area contributed by atoms with E-state index in [2.05, 4.69) is 4.98 Å². The molecule has 0 amide bonds. The van der Waals surface area contributed by atoms with Crippen LogP contribution in [0.4, 0.5) is 0 Å². The number of nitrogens with one attached hydrogen (secondary N) is 1. The molecule has 0 bridgehead atoms. The van der Waals surface area contributed by atoms with Gasteiger partial charge in [0.1, 0.15) is 4.83 Å². The summed E-state index contributed by atoms with van der Waals surface area (Å²) in [6.07, 6.45) is 0.400. The van der Waals surface area contributed by atoms with Crippen LogP contribution in [0.25, 0.3) is 10.2 Å². The van der Waals surface area contributed by atoms with Crippen molar-refractivity contribution < 1.29 is 5.11 Å². The first-order valence-electron chi connectivity index (χ1n) is 4.97. The first kappa shape index (κ1) is 11.1. The number of rotatable bonds is 3. The van der Waals surface area contributed by atoms with Crippen LogP contribution < -0.4 is 11.2 Å². The van der Waals surface area contributed by atoms with Crippen LogP contribution in [0.1, 0.15) is 11.3 Å². The van der Waals surface area contributed by atoms with Gasteiger partial charge in [-0.05, 0) is 19.4 Å². The van der Waals surface area contributed by atoms with Gasteiger partial charge in [0.2, 0.25) is 0 Å². The largest absolute Gasteiger partial charge is 0.396 e. The molecule has 2 heterocycles. The molecule has 5 nitrogen and oxygen atoms in total. The van der Waals surface area contributed by atoms with Gasteiger partial charge in [0.05, 0.1) is 5.39 Å². The standard InChI is InChI=1S/C10H12N2O3S/c1-6-5-7-8(16-6)11-10(15)12(9(7)14)3-2-4-13/h5,13H,2-4H2,1H3,(H,11,15). The van der Waals surface area contributed by atoms with Crippen molar-refractivity contribution in [2.75, 3.05) is 6.61 Å². The minimum absolute atomic E-state index is 0.0351. The molecule has 0 aromatic carbocycles. The summed E-state index contributed by atoms with van der Waals surface area (Å²) in [7, 11) is 0. The van der Waals surface area contributed by atoms with Gasteiger partial charge in [0.25, 0.3) is 5.56 Å². The van der Waals surface area contributed by atoms with Gasteiger partial charge in [0.15, 0.2) is 0 Å². The zero-order valence-corrected chi connectivity index (χ0v) is 9.63. The van der Waals surface area contributed by atoms with Crippen LogP contribution in [0, 0.1) is 6.92 Å². The van der Waals surface area contributed by atoms with Crippen molar-refractivity contribution in [3.63, 3.8) is 0 Å². The Labute approximate surface area is 95.0 Å². The number of H-pyrrole nitrogens is 1. The highest BCUT2D eigenvalue weighted by Gasteiger charge is 2.09. The Morgan fingerprint density at radius 3 is 2.94 bits per heavy atom. The Hall–Kier alpha value is -1.40. The lowest BCUT2D eigenvalue weighted by molar-refractivity contribution is 0.278. The second-order valence-corrected chi connectivity index (χ2v) is 4.82. The van der Waals surface area contributed by atoms with Crippen molar-refractivity contribution in [2.45, 2.75) is 19.9 Å². The molecular weight excluding hydrogens is 228 g/mol. The minimum Gasteiger partial charge on any atom is -0.396 e. The average Bonchev–Trinajstić information content (AvgIpc) is 2.59. The number of aliphatic hydroxyl groups excluding tert-OH is 1. The molecule has 0 aliphatic heterocycles. The summed E-state index contributed by atoms with van der Waals surface area (Å²) in [5.74, 6) is 0. The predicted molar refractivity (Wildman–Crippen MR) is 63.1 cm³/mol. The van der Waals surface area contributed by atoms with E-state index in [0.29, 0.717) is 16.6 Å². The molecule has 0 saturated carbocycles. The molecule has 6 heteroatoms. The zero-order chi connectivity index (χ0) is 11.7. The zero-order valence-electron chi connectivity index (χ0n) is 8.82. The van der Waals surface area contributed by atoms with Crippen LogP contribution in [0.15, 0.2) is 15.7 Å². The number of aryl methyl sites for hydroxylation is 1. The molecule has 2 N–H and O–H groups in total. The molecule has 0 atom stereocenters. The van der Waals surface area contributed by atoms with E-state index in [9.17, 15) is 9.59 Å². The lowest BCUT2D eigenvalue weighted by Crippen LogP contribution is -2.34. The Bertz CT molecular complexity index is 623. The molecule has 0 radical (unpaired) electrons. The highest BCUT2D eigenvalue weighted by atomic mass is 32.1. The van der Waals surface area contributed by atoms with E-state index in [1.807, 2.05) is 6.92 Å². The highest BCUT2D eigenvalue weighted by Crippen LogP contribution is 2.18. The number of thiophene rings is 1. The summed E-state index contributed by atoms with van der Waals surface area (Å²) >= 11 is 1.39. The molecule has 0 spiro atoms. The fourth-order valence-electron chi connectivity index (χ4n) is 1.60. The summed E-state index contributed by atoms with van der Waals surface area (Å²) < 4.78 is 1.13. The third-order valence-corrected chi connectivity index (χ3v) is 3.30. The number of aliphatic hydroxyl groups is 1. The Balaban J connectivity index is 2.65. The Morgan fingerprint density at radius 1 is 1.50 bits per heavy atom. The van der Waals surface area contributed by atoms with Crippen LogP contribution in [-0.4, -0.2) is 21.3 Å². The van der Waals surface area contributed by atoms with Gasteiger partial charge in [-0.25, -0.2) is 4.79 Å². The highest BCUT2D eigenvalue weighted by molar-refractivity contribution is 7.18. The van der Waals surface area contributed by atoms with Gasteiger partial charge >= 0.3 is 5.69 Å². The summed E-state index contributed by atoms with van der Waals surface area (Å²) in [6, 6.07) is 1.77. The molecule has 0 aliphatic carbocycles. The number of aromatic nitrogens is 2. The number of hydrogen-bond donors (Lipinski definition) is 2. The van der Waals surface area contributed by atoms with Crippen molar-refractivity contribution in [2.24, 2.45) is 0 Å². The van der Waals surface area contributed by atoms with Crippen LogP contribution >= 0.6 is 11.3 Å². The lowest BCUT2D eigenvalue weighted by atomic mass is 10.3. The van der Waals surface area contributed by atoms with Gasteiger partial charge in [-0.1, -0.05) is 0 Å². The first-order valence-corrected chi connectivity index (χ1v) is 5.79. The molecular formula is C10H12N2O3S. The second kappa shape index (κ2) is 4.23. The number of fused-ring (bicyclic) bond motifs is 1. The lowest BCUT2D eigenvalue weighted by Gasteiger charge is -2.02. The van der Waals surface area contributed by atoms with Crippen LogP contribution in [-0.2, 0) is 6.54 Å². The predicted octanol–water partition coefficient (Wildman–Crippen LogP) is 0.442. The van der Waals surface area contributed by atoms with Crippen molar-refractivity contribution in [1.29, 1.82) is 0 Å². The average molecular weight is 240 g/mol. The van der Waals surface area contributed by atoms with Gasteiger partial charge in [-0.3, -0.25) is 14.3 Å². The monoisotopic (exact) mass is 240 g/mol. The molecule has 16 heavy (non-hydrogen) atoms. The maximum absolute atomic E-state index is 11.9. The maximum atomic E-state index is 11.9. The topological polar surface area (TPSA) is 75.1 Å². The second-order valence-electron chi connectivity index (χ2n) is 3.56. The first-order chi connectivity index (χ1) is 7.63. The fraction of sp³-hybridized carbons (Fsp3) is 0.400. The summed E-state index contributed by atoms with van der Waals surface area (Å²) in [6.45, 7) is 2.10. The third kappa shape index (κ3) is 1.81. The van der Waals surface area contributed by atoms with E-state index in [0.717, 1.165) is 9.44 Å². The van der Waals surface area contributed by atoms with Gasteiger partial charge in [-0.2, -0.15) is 0 Å². The fourth-order valence-corrected chi connectivity index (χ4v) is 2.49. The smallest absolute Gasteiger partial charge is 0.329 e. The summed E-state index contributed by atoms with van der Waals surface area (Å²) in [4.78, 5) is 27.8. The summed E-state index contributed by atoms with van der Waals surface area (Å²) in [5, 5.41) is 9.24. The SMILES string of the molecule is Cc1cc2c(=O)n(CCCO)c(=O)[nH]c2s1. The quantitative estimate of drug-likeness (QED) is 0.817. The number of hydrogen-bond acceptors (Lipinski definition) is 4. The molecule has 86 valence electrons. The molecule has 0 fully saturated rings. The molecule has 0 aliphatic rings. The minimum atomic E-state index is -0.409. The van der Waals surface area contributed by atoms with E-state index >= 15 is 0 Å². The molecule has 0 unspecified atom stereocenters. The molecule has 2 aromatic heterocycles. The normalized spacial score (nSPS) is 11.1. The van der Waals surface area contributed by atoms with E-state index in [1.54, 1.807) is 6.07 Å². The number of nitrogens with zero attached hydrogens (tertiary/aromatic N) is 1. The van der Waals surface area contributed by atoms with E-state index in [4.69, 9.17) is 5.11 Å². The van der Waals surface area contributed by atoms with Gasteiger partial charge in [-0.15, -0.1) is 11.3 Å². The van der Waals surface area contributed by atoms with Gasteiger partial charge < -0.3 is 5.11 Å². The molecule has 2 aromatic rings. The van der Waals surface area contributed by atoms with Gasteiger partial charge in [0, 0.05) is 18.0 Å². The Morgan fingerprint density at radius 2 is 2.25 bits per heavy atom. The molecule has 0 saturated heterocycles. The third-order valence-electron chi connectivity index (χ3n) is 2.34. The van der Waals surface area contributed by atoms with Crippen molar-refractivity contribution >= 4 is 21.6 Å². The van der Waals surface area contributed by atoms with Crippen LogP contribution in [0.5, 0.6) is 0 Å². The van der Waals surface area contributed by atoms with Crippen molar-refractivity contribution in [3.05, 3.63) is 31.8 Å². The van der Waals surface area contributed by atoms with Crippen molar-refractivity contribution in [1.82, 2.24) is 9.55 Å². The number of aromatic amines is 1. The maximum Gasteiger partial charge on any atom is 0.329 e. The summed E-state index contributed by atoms with van der Waals surface area (Å²) in [5.41, 5.74) is -0.690.